The van der Waals surface area contributed by atoms with E-state index in [0.717, 1.165) is 47.9 Å². The van der Waals surface area contributed by atoms with Gasteiger partial charge in [-0.1, -0.05) is 0 Å². The standard InChI is InChI=1S/C16H17N7OS/c1-10-11(2)25-16-14(10)15(23-9-18-21-13(23)7-17)19-12(20-16)8-22-3-5-24-6-4-22/h9H,3-6,8H2,1-2H3. The Morgan fingerprint density at radius 2 is 2.08 bits per heavy atom. The fourth-order valence-corrected chi connectivity index (χ4v) is 3.98. The number of aromatic nitrogens is 5. The summed E-state index contributed by atoms with van der Waals surface area (Å²) in [5.74, 6) is 1.64. The summed E-state index contributed by atoms with van der Waals surface area (Å²) in [6, 6.07) is 2.07. The zero-order valence-electron chi connectivity index (χ0n) is 14.1. The van der Waals surface area contributed by atoms with Crippen LogP contribution in [0, 0.1) is 25.2 Å². The third-order valence-corrected chi connectivity index (χ3v) is 5.50. The third-order valence-electron chi connectivity index (χ3n) is 4.40. The summed E-state index contributed by atoms with van der Waals surface area (Å²) in [6.45, 7) is 7.99. The molecule has 0 atom stereocenters. The average molecular weight is 355 g/mol. The van der Waals surface area contributed by atoms with Crippen LogP contribution in [0.25, 0.3) is 16.0 Å². The van der Waals surface area contributed by atoms with E-state index < -0.39 is 0 Å². The highest BCUT2D eigenvalue weighted by Gasteiger charge is 2.20. The maximum atomic E-state index is 9.31. The van der Waals surface area contributed by atoms with Gasteiger partial charge in [-0.2, -0.15) is 5.26 Å². The van der Waals surface area contributed by atoms with Crippen LogP contribution < -0.4 is 0 Å². The number of thiophene rings is 1. The van der Waals surface area contributed by atoms with Crippen molar-refractivity contribution in [3.05, 3.63) is 28.4 Å². The fourth-order valence-electron chi connectivity index (χ4n) is 2.94. The molecule has 3 aromatic heterocycles. The minimum absolute atomic E-state index is 0.223. The van der Waals surface area contributed by atoms with E-state index in [2.05, 4.69) is 35.0 Å². The molecule has 0 aliphatic carbocycles. The van der Waals surface area contributed by atoms with Crippen LogP contribution in [0.5, 0.6) is 0 Å². The average Bonchev–Trinajstić information content (AvgIpc) is 3.20. The van der Waals surface area contributed by atoms with Crippen LogP contribution in [-0.2, 0) is 11.3 Å². The van der Waals surface area contributed by atoms with Gasteiger partial charge in [-0.15, -0.1) is 21.5 Å². The quantitative estimate of drug-likeness (QED) is 0.704. The van der Waals surface area contributed by atoms with Gasteiger partial charge in [-0.25, -0.2) is 9.97 Å². The Hall–Kier alpha value is -2.41. The number of fused-ring (bicyclic) bond motifs is 1. The summed E-state index contributed by atoms with van der Waals surface area (Å²) in [5, 5.41) is 18.0. The third kappa shape index (κ3) is 2.89. The van der Waals surface area contributed by atoms with E-state index in [1.54, 1.807) is 15.9 Å². The number of hydrogen-bond donors (Lipinski definition) is 0. The first-order valence-electron chi connectivity index (χ1n) is 8.04. The fraction of sp³-hybridized carbons (Fsp3) is 0.438. The SMILES string of the molecule is Cc1sc2nc(CN3CCOCC3)nc(-n3cnnc3C#N)c2c1C. The molecule has 0 saturated carbocycles. The van der Waals surface area contributed by atoms with Crippen LogP contribution in [0.2, 0.25) is 0 Å². The second kappa shape index (κ2) is 6.48. The molecule has 4 rings (SSSR count). The van der Waals surface area contributed by atoms with Crippen molar-refractivity contribution in [2.24, 2.45) is 0 Å². The number of ether oxygens (including phenoxy) is 1. The van der Waals surface area contributed by atoms with Gasteiger partial charge in [0.2, 0.25) is 5.82 Å². The molecule has 0 unspecified atom stereocenters. The number of hydrogen-bond acceptors (Lipinski definition) is 8. The predicted octanol–water partition coefficient (Wildman–Crippen LogP) is 1.59. The maximum Gasteiger partial charge on any atom is 0.240 e. The summed E-state index contributed by atoms with van der Waals surface area (Å²) in [4.78, 5) is 13.9. The van der Waals surface area contributed by atoms with Crippen molar-refractivity contribution in [2.45, 2.75) is 20.4 Å². The van der Waals surface area contributed by atoms with Gasteiger partial charge < -0.3 is 4.74 Å². The first-order valence-corrected chi connectivity index (χ1v) is 8.86. The van der Waals surface area contributed by atoms with Crippen LogP contribution in [-0.4, -0.2) is 55.9 Å². The van der Waals surface area contributed by atoms with E-state index in [0.29, 0.717) is 12.4 Å². The Labute approximate surface area is 148 Å². The molecule has 0 bridgehead atoms. The molecule has 128 valence electrons. The summed E-state index contributed by atoms with van der Waals surface area (Å²) < 4.78 is 7.05. The molecule has 4 heterocycles. The monoisotopic (exact) mass is 355 g/mol. The Kier molecular flexibility index (Phi) is 4.17. The smallest absolute Gasteiger partial charge is 0.240 e. The molecule has 1 aliphatic heterocycles. The van der Waals surface area contributed by atoms with Crippen molar-refractivity contribution < 1.29 is 4.74 Å². The Balaban J connectivity index is 1.85. The van der Waals surface area contributed by atoms with Crippen molar-refractivity contribution in [1.29, 1.82) is 5.26 Å². The van der Waals surface area contributed by atoms with Crippen molar-refractivity contribution >= 4 is 21.6 Å². The van der Waals surface area contributed by atoms with Crippen LogP contribution in [0.4, 0.5) is 0 Å². The highest BCUT2D eigenvalue weighted by molar-refractivity contribution is 7.18. The van der Waals surface area contributed by atoms with E-state index in [1.165, 1.54) is 11.2 Å². The number of rotatable bonds is 3. The van der Waals surface area contributed by atoms with Gasteiger partial charge in [0, 0.05) is 18.0 Å². The first kappa shape index (κ1) is 16.1. The van der Waals surface area contributed by atoms with Crippen molar-refractivity contribution in [1.82, 2.24) is 29.6 Å². The summed E-state index contributed by atoms with van der Waals surface area (Å²) in [6.07, 6.45) is 1.53. The molecule has 8 nitrogen and oxygen atoms in total. The van der Waals surface area contributed by atoms with E-state index >= 15 is 0 Å². The molecule has 0 amide bonds. The highest BCUT2D eigenvalue weighted by Crippen LogP contribution is 2.32. The van der Waals surface area contributed by atoms with Crippen LogP contribution in [0.3, 0.4) is 0 Å². The molecule has 1 fully saturated rings. The lowest BCUT2D eigenvalue weighted by Crippen LogP contribution is -2.36. The summed E-state index contributed by atoms with van der Waals surface area (Å²) >= 11 is 1.65. The zero-order chi connectivity index (χ0) is 17.4. The Morgan fingerprint density at radius 3 is 2.84 bits per heavy atom. The van der Waals surface area contributed by atoms with Crippen molar-refractivity contribution in [3.8, 4) is 11.9 Å². The van der Waals surface area contributed by atoms with Crippen LogP contribution in [0.1, 0.15) is 22.1 Å². The molecular formula is C16H17N7OS. The minimum atomic E-state index is 0.223. The van der Waals surface area contributed by atoms with Gasteiger partial charge in [0.05, 0.1) is 25.1 Å². The molecule has 1 saturated heterocycles. The summed E-state index contributed by atoms with van der Waals surface area (Å²) in [5.41, 5.74) is 1.13. The molecule has 3 aromatic rings. The second-order valence-corrected chi connectivity index (χ2v) is 7.15. The molecule has 0 radical (unpaired) electrons. The molecule has 1 aliphatic rings. The predicted molar refractivity (Wildman–Crippen MR) is 92.6 cm³/mol. The van der Waals surface area contributed by atoms with E-state index in [4.69, 9.17) is 14.7 Å². The number of aryl methyl sites for hydroxylation is 2. The normalized spacial score (nSPS) is 15.6. The molecule has 9 heteroatoms. The first-order chi connectivity index (χ1) is 12.2. The van der Waals surface area contributed by atoms with Gasteiger partial charge in [0.25, 0.3) is 0 Å². The number of nitriles is 1. The topological polar surface area (TPSA) is 92.8 Å². The lowest BCUT2D eigenvalue weighted by Gasteiger charge is -2.25. The second-order valence-electron chi connectivity index (χ2n) is 5.95. The molecular weight excluding hydrogens is 338 g/mol. The largest absolute Gasteiger partial charge is 0.379 e. The Bertz CT molecular complexity index is 965. The van der Waals surface area contributed by atoms with Crippen molar-refractivity contribution in [3.63, 3.8) is 0 Å². The van der Waals surface area contributed by atoms with E-state index in [1.807, 2.05) is 0 Å². The van der Waals surface area contributed by atoms with Gasteiger partial charge in [0.15, 0.2) is 5.82 Å². The number of nitrogens with zero attached hydrogens (tertiary/aromatic N) is 7. The van der Waals surface area contributed by atoms with Crippen LogP contribution in [0.15, 0.2) is 6.33 Å². The van der Waals surface area contributed by atoms with E-state index in [9.17, 15) is 5.26 Å². The Morgan fingerprint density at radius 1 is 1.28 bits per heavy atom. The maximum absolute atomic E-state index is 9.31. The molecule has 0 N–H and O–H groups in total. The van der Waals surface area contributed by atoms with Gasteiger partial charge in [0.1, 0.15) is 23.1 Å². The van der Waals surface area contributed by atoms with Crippen molar-refractivity contribution in [2.75, 3.05) is 26.3 Å². The molecule has 25 heavy (non-hydrogen) atoms. The molecule has 0 spiro atoms. The lowest BCUT2D eigenvalue weighted by molar-refractivity contribution is 0.0331. The van der Waals surface area contributed by atoms with Gasteiger partial charge in [-0.3, -0.25) is 9.47 Å². The van der Waals surface area contributed by atoms with Crippen LogP contribution >= 0.6 is 11.3 Å². The number of morpholine rings is 1. The lowest BCUT2D eigenvalue weighted by atomic mass is 10.2. The highest BCUT2D eigenvalue weighted by atomic mass is 32.1. The van der Waals surface area contributed by atoms with Gasteiger partial charge in [-0.05, 0) is 19.4 Å². The molecule has 0 aromatic carbocycles. The summed E-state index contributed by atoms with van der Waals surface area (Å²) in [7, 11) is 0. The minimum Gasteiger partial charge on any atom is -0.379 e. The van der Waals surface area contributed by atoms with Gasteiger partial charge >= 0.3 is 0 Å². The van der Waals surface area contributed by atoms with E-state index in [-0.39, 0.29) is 5.82 Å². The zero-order valence-corrected chi connectivity index (χ0v) is 14.9.